The summed E-state index contributed by atoms with van der Waals surface area (Å²) >= 11 is 2.02. The molecule has 162 valence electrons. The molecule has 0 N–H and O–H groups in total. The first-order valence-corrected chi connectivity index (χ1v) is 13.4. The van der Waals surface area contributed by atoms with Crippen LogP contribution < -0.4 is 9.47 Å². The average molecular weight is 408 g/mol. The van der Waals surface area contributed by atoms with E-state index in [4.69, 9.17) is 0 Å². The van der Waals surface area contributed by atoms with Crippen LogP contribution in [0.2, 0.25) is 0 Å². The Morgan fingerprint density at radius 2 is 1.32 bits per heavy atom. The fourth-order valence-corrected chi connectivity index (χ4v) is 5.95. The number of thiazole rings is 1. The second-order valence-corrected chi connectivity index (χ2v) is 10.0. The van der Waals surface area contributed by atoms with Crippen molar-refractivity contribution < 1.29 is 4.57 Å². The Balaban J connectivity index is 1.46. The first-order valence-electron chi connectivity index (χ1n) is 12.5. The molecule has 0 unspecified atom stereocenters. The molecule has 1 aliphatic rings. The Morgan fingerprint density at radius 1 is 0.786 bits per heavy atom. The summed E-state index contributed by atoms with van der Waals surface area (Å²) in [6, 6.07) is 0. The van der Waals surface area contributed by atoms with Crippen LogP contribution in [0.25, 0.3) is 0 Å². The van der Waals surface area contributed by atoms with Crippen molar-refractivity contribution in [3.8, 4) is 0 Å². The van der Waals surface area contributed by atoms with Crippen molar-refractivity contribution in [1.82, 2.24) is 0 Å². The van der Waals surface area contributed by atoms with Gasteiger partial charge in [-0.3, -0.25) is 4.90 Å². The standard InChI is InChI=1S/C25H47N2S/c1-4-6-7-8-9-10-11-12-13-14-15-16-17-18-20-26-21-19-22-27-24(5-2)23(3)28-25(26)27/h4-22H2,1-3H3/q+1. The molecule has 0 saturated heterocycles. The van der Waals surface area contributed by atoms with Gasteiger partial charge in [-0.15, -0.1) is 0 Å². The summed E-state index contributed by atoms with van der Waals surface area (Å²) in [6.45, 7) is 10.7. The lowest BCUT2D eigenvalue weighted by Gasteiger charge is -2.21. The summed E-state index contributed by atoms with van der Waals surface area (Å²) in [5.74, 6) is 0. The normalized spacial score (nSPS) is 13.9. The lowest BCUT2D eigenvalue weighted by molar-refractivity contribution is -0.691. The Labute approximate surface area is 179 Å². The van der Waals surface area contributed by atoms with E-state index in [1.807, 2.05) is 11.3 Å². The van der Waals surface area contributed by atoms with E-state index < -0.39 is 0 Å². The molecule has 2 rings (SSSR count). The minimum absolute atomic E-state index is 1.18. The summed E-state index contributed by atoms with van der Waals surface area (Å²) in [7, 11) is 0. The highest BCUT2D eigenvalue weighted by Crippen LogP contribution is 2.27. The molecule has 1 aromatic heterocycles. The predicted molar refractivity (Wildman–Crippen MR) is 126 cm³/mol. The highest BCUT2D eigenvalue weighted by Gasteiger charge is 2.29. The molecule has 0 amide bonds. The molecule has 0 bridgehead atoms. The van der Waals surface area contributed by atoms with E-state index in [2.05, 4.69) is 30.2 Å². The number of nitrogens with zero attached hydrogens (tertiary/aromatic N) is 2. The van der Waals surface area contributed by atoms with Gasteiger partial charge in [-0.2, -0.15) is 0 Å². The zero-order chi connectivity index (χ0) is 20.0. The largest absolute Gasteiger partial charge is 0.336 e. The van der Waals surface area contributed by atoms with E-state index in [9.17, 15) is 0 Å². The van der Waals surface area contributed by atoms with Gasteiger partial charge in [0.2, 0.25) is 0 Å². The van der Waals surface area contributed by atoms with Crippen LogP contribution in [-0.2, 0) is 13.0 Å². The highest BCUT2D eigenvalue weighted by molar-refractivity contribution is 7.15. The molecule has 1 aliphatic heterocycles. The summed E-state index contributed by atoms with van der Waals surface area (Å²) in [5, 5.41) is 1.54. The van der Waals surface area contributed by atoms with Gasteiger partial charge in [-0.25, -0.2) is 4.57 Å². The smallest absolute Gasteiger partial charge is 0.252 e. The van der Waals surface area contributed by atoms with Gasteiger partial charge in [-0.05, 0) is 19.8 Å². The van der Waals surface area contributed by atoms with Gasteiger partial charge in [0.25, 0.3) is 0 Å². The summed E-state index contributed by atoms with van der Waals surface area (Å²) in [5.41, 5.74) is 1.57. The fourth-order valence-electron chi connectivity index (χ4n) is 4.68. The number of anilines is 1. The van der Waals surface area contributed by atoms with Crippen LogP contribution in [0.3, 0.4) is 0 Å². The van der Waals surface area contributed by atoms with Crippen LogP contribution in [0, 0.1) is 6.92 Å². The summed E-state index contributed by atoms with van der Waals surface area (Å²) in [6.07, 6.45) is 22.7. The van der Waals surface area contributed by atoms with Gasteiger partial charge >= 0.3 is 5.13 Å². The quantitative estimate of drug-likeness (QED) is 0.202. The highest BCUT2D eigenvalue weighted by atomic mass is 32.1. The van der Waals surface area contributed by atoms with Crippen LogP contribution in [0.15, 0.2) is 0 Å². The van der Waals surface area contributed by atoms with E-state index >= 15 is 0 Å². The first-order chi connectivity index (χ1) is 13.8. The summed E-state index contributed by atoms with van der Waals surface area (Å²) in [4.78, 5) is 4.20. The molecule has 0 fully saturated rings. The molecule has 0 aromatic carbocycles. The van der Waals surface area contributed by atoms with E-state index in [-0.39, 0.29) is 0 Å². The minimum atomic E-state index is 1.18. The molecule has 0 saturated carbocycles. The average Bonchev–Trinajstić information content (AvgIpc) is 3.04. The predicted octanol–water partition coefficient (Wildman–Crippen LogP) is 7.60. The van der Waals surface area contributed by atoms with Crippen LogP contribution in [0.4, 0.5) is 5.13 Å². The molecule has 2 heterocycles. The van der Waals surface area contributed by atoms with Crippen molar-refractivity contribution >= 4 is 16.5 Å². The first kappa shape index (κ1) is 23.7. The maximum absolute atomic E-state index is 2.67. The van der Waals surface area contributed by atoms with E-state index in [0.717, 1.165) is 0 Å². The molecule has 0 atom stereocenters. The maximum atomic E-state index is 2.67. The molecule has 0 aliphatic carbocycles. The number of rotatable bonds is 16. The maximum Gasteiger partial charge on any atom is 0.336 e. The molecule has 0 radical (unpaired) electrons. The second-order valence-electron chi connectivity index (χ2n) is 8.83. The molecule has 0 spiro atoms. The zero-order valence-electron chi connectivity index (χ0n) is 19.2. The van der Waals surface area contributed by atoms with Crippen molar-refractivity contribution in [2.24, 2.45) is 0 Å². The van der Waals surface area contributed by atoms with Crippen LogP contribution in [0.5, 0.6) is 0 Å². The number of unbranched alkanes of at least 4 members (excludes halogenated alkanes) is 13. The third-order valence-corrected chi connectivity index (χ3v) is 7.61. The Bertz CT molecular complexity index is 523. The van der Waals surface area contributed by atoms with Gasteiger partial charge in [0.05, 0.1) is 24.5 Å². The van der Waals surface area contributed by atoms with E-state index in [1.165, 1.54) is 132 Å². The van der Waals surface area contributed by atoms with Gasteiger partial charge in [0.15, 0.2) is 0 Å². The van der Waals surface area contributed by atoms with Crippen molar-refractivity contribution in [2.45, 2.75) is 130 Å². The van der Waals surface area contributed by atoms with Crippen LogP contribution in [-0.4, -0.2) is 13.1 Å². The van der Waals surface area contributed by atoms with Crippen molar-refractivity contribution in [3.05, 3.63) is 10.6 Å². The van der Waals surface area contributed by atoms with E-state index in [0.29, 0.717) is 0 Å². The number of aromatic nitrogens is 1. The zero-order valence-corrected chi connectivity index (χ0v) is 20.1. The molecular weight excluding hydrogens is 360 g/mol. The molecule has 28 heavy (non-hydrogen) atoms. The third-order valence-electron chi connectivity index (χ3n) is 6.40. The topological polar surface area (TPSA) is 7.12 Å². The SMILES string of the molecule is CCCCCCCCCCCCCCCCN1CCC[n+]2c1sc(C)c2CC. The van der Waals surface area contributed by atoms with Crippen LogP contribution in [0.1, 0.15) is 121 Å². The van der Waals surface area contributed by atoms with Gasteiger partial charge < -0.3 is 0 Å². The lowest BCUT2D eigenvalue weighted by Crippen LogP contribution is -2.48. The number of hydrogen-bond donors (Lipinski definition) is 0. The molecule has 1 aromatic rings. The van der Waals surface area contributed by atoms with Crippen LogP contribution >= 0.6 is 11.3 Å². The third kappa shape index (κ3) is 8.05. The fraction of sp³-hybridized carbons (Fsp3) is 0.880. The lowest BCUT2D eigenvalue weighted by atomic mass is 10.0. The van der Waals surface area contributed by atoms with Crippen molar-refractivity contribution in [2.75, 3.05) is 18.0 Å². The number of hydrogen-bond acceptors (Lipinski definition) is 2. The second kappa shape index (κ2) is 14.4. The van der Waals surface area contributed by atoms with E-state index in [1.54, 1.807) is 5.69 Å². The number of fused-ring (bicyclic) bond motifs is 1. The van der Waals surface area contributed by atoms with Gasteiger partial charge in [0.1, 0.15) is 5.69 Å². The monoisotopic (exact) mass is 407 g/mol. The van der Waals surface area contributed by atoms with Gasteiger partial charge in [0, 0.05) is 12.8 Å². The Morgan fingerprint density at radius 3 is 1.86 bits per heavy atom. The summed E-state index contributed by atoms with van der Waals surface area (Å²) < 4.78 is 2.60. The molecule has 2 nitrogen and oxygen atoms in total. The minimum Gasteiger partial charge on any atom is -0.252 e. The van der Waals surface area contributed by atoms with Crippen molar-refractivity contribution in [3.63, 3.8) is 0 Å². The molecular formula is C25H47N2S+. The molecule has 3 heteroatoms. The van der Waals surface area contributed by atoms with Gasteiger partial charge in [-0.1, -0.05) is 102 Å². The van der Waals surface area contributed by atoms with Crippen molar-refractivity contribution in [1.29, 1.82) is 0 Å². The Kier molecular flexibility index (Phi) is 12.2. The Hall–Kier alpha value is -0.570. The number of aryl methyl sites for hydroxylation is 1.